The Morgan fingerprint density at radius 1 is 1.16 bits per heavy atom. The molecule has 32 heavy (non-hydrogen) atoms. The van der Waals surface area contributed by atoms with Gasteiger partial charge in [0.15, 0.2) is 10.9 Å². The standard InChI is InChI=1S/C21H18ClF2N5O2S/c1-30-21-27-16-11(19(28-21)29-5-2-7-31-8-6-29)9-12(22)14(15(16)24)10-3-4-13(23)18-17(10)26-20(25)32-18/h3-4,9H,2,5-8H2,1H3,(H2,25,26). The summed E-state index contributed by atoms with van der Waals surface area (Å²) in [6, 6.07) is 4.35. The van der Waals surface area contributed by atoms with Gasteiger partial charge in [0.25, 0.3) is 0 Å². The number of fused-ring (bicyclic) bond motifs is 2. The Hall–Kier alpha value is -2.82. The molecular formula is C21H18ClF2N5O2S. The van der Waals surface area contributed by atoms with Gasteiger partial charge in [0.2, 0.25) is 0 Å². The lowest BCUT2D eigenvalue weighted by Crippen LogP contribution is -2.27. The van der Waals surface area contributed by atoms with Gasteiger partial charge in [0, 0.05) is 36.2 Å². The van der Waals surface area contributed by atoms with Crippen LogP contribution in [0.2, 0.25) is 5.02 Å². The van der Waals surface area contributed by atoms with Gasteiger partial charge < -0.3 is 20.1 Å². The van der Waals surface area contributed by atoms with Crippen LogP contribution in [0.25, 0.3) is 32.2 Å². The van der Waals surface area contributed by atoms with Crippen molar-refractivity contribution in [3.05, 3.63) is 34.9 Å². The van der Waals surface area contributed by atoms with Crippen molar-refractivity contribution < 1.29 is 18.3 Å². The van der Waals surface area contributed by atoms with Gasteiger partial charge in [-0.15, -0.1) is 0 Å². The van der Waals surface area contributed by atoms with Crippen LogP contribution in [0.15, 0.2) is 18.2 Å². The van der Waals surface area contributed by atoms with E-state index in [-0.39, 0.29) is 37.5 Å². The molecule has 2 aromatic heterocycles. The molecule has 2 aromatic carbocycles. The minimum absolute atomic E-state index is 0.0343. The zero-order chi connectivity index (χ0) is 22.4. The highest BCUT2D eigenvalue weighted by Crippen LogP contribution is 2.42. The van der Waals surface area contributed by atoms with Gasteiger partial charge in [-0.1, -0.05) is 22.9 Å². The van der Waals surface area contributed by atoms with E-state index in [1.807, 2.05) is 4.90 Å². The van der Waals surface area contributed by atoms with Crippen molar-refractivity contribution in [3.8, 4) is 17.1 Å². The molecule has 0 bridgehead atoms. The molecule has 2 N–H and O–H groups in total. The number of nitrogens with zero attached hydrogens (tertiary/aromatic N) is 4. The maximum atomic E-state index is 16.0. The van der Waals surface area contributed by atoms with Crippen molar-refractivity contribution in [1.29, 1.82) is 0 Å². The predicted molar refractivity (Wildman–Crippen MR) is 122 cm³/mol. The largest absolute Gasteiger partial charge is 0.467 e. The maximum absolute atomic E-state index is 16.0. The summed E-state index contributed by atoms with van der Waals surface area (Å²) in [6.45, 7) is 2.45. The van der Waals surface area contributed by atoms with Crippen LogP contribution in [0.4, 0.5) is 19.7 Å². The van der Waals surface area contributed by atoms with E-state index in [0.29, 0.717) is 43.1 Å². The van der Waals surface area contributed by atoms with Gasteiger partial charge in [-0.2, -0.15) is 9.97 Å². The monoisotopic (exact) mass is 477 g/mol. The number of thiazole rings is 1. The van der Waals surface area contributed by atoms with Crippen LogP contribution in [0, 0.1) is 11.6 Å². The van der Waals surface area contributed by atoms with Crippen LogP contribution in [-0.2, 0) is 4.74 Å². The molecule has 0 aliphatic carbocycles. The molecule has 166 valence electrons. The van der Waals surface area contributed by atoms with Gasteiger partial charge in [-0.05, 0) is 24.6 Å². The van der Waals surface area contributed by atoms with Crippen molar-refractivity contribution in [2.24, 2.45) is 0 Å². The molecule has 1 fully saturated rings. The lowest BCUT2D eigenvalue weighted by Gasteiger charge is -2.23. The zero-order valence-electron chi connectivity index (χ0n) is 17.0. The molecule has 5 rings (SSSR count). The first-order chi connectivity index (χ1) is 15.5. The van der Waals surface area contributed by atoms with E-state index in [1.54, 1.807) is 6.07 Å². The molecule has 0 unspecified atom stereocenters. The third-order valence-electron chi connectivity index (χ3n) is 5.33. The molecule has 1 aliphatic heterocycles. The number of ether oxygens (including phenoxy) is 2. The molecule has 0 amide bonds. The summed E-state index contributed by atoms with van der Waals surface area (Å²) in [5.41, 5.74) is 6.49. The topological polar surface area (TPSA) is 86.4 Å². The first kappa shape index (κ1) is 21.0. The van der Waals surface area contributed by atoms with Gasteiger partial charge in [0.05, 0.1) is 29.0 Å². The second-order valence-electron chi connectivity index (χ2n) is 7.26. The summed E-state index contributed by atoms with van der Waals surface area (Å²) in [4.78, 5) is 14.9. The molecule has 1 saturated heterocycles. The van der Waals surface area contributed by atoms with Crippen molar-refractivity contribution in [1.82, 2.24) is 15.0 Å². The molecule has 0 saturated carbocycles. The number of methoxy groups -OCH3 is 1. The van der Waals surface area contributed by atoms with E-state index >= 15 is 4.39 Å². The average molecular weight is 478 g/mol. The Morgan fingerprint density at radius 3 is 2.81 bits per heavy atom. The molecule has 0 atom stereocenters. The van der Waals surface area contributed by atoms with Gasteiger partial charge in [-0.25, -0.2) is 13.8 Å². The summed E-state index contributed by atoms with van der Waals surface area (Å²) in [5, 5.41) is 0.768. The van der Waals surface area contributed by atoms with Crippen molar-refractivity contribution in [2.75, 3.05) is 44.0 Å². The van der Waals surface area contributed by atoms with E-state index in [4.69, 9.17) is 26.8 Å². The second-order valence-corrected chi connectivity index (χ2v) is 8.69. The molecule has 3 heterocycles. The maximum Gasteiger partial charge on any atom is 0.318 e. The fraction of sp³-hybridized carbons (Fsp3) is 0.286. The predicted octanol–water partition coefficient (Wildman–Crippen LogP) is 4.66. The highest BCUT2D eigenvalue weighted by molar-refractivity contribution is 7.22. The quantitative estimate of drug-likeness (QED) is 0.459. The lowest BCUT2D eigenvalue weighted by molar-refractivity contribution is 0.152. The van der Waals surface area contributed by atoms with Crippen LogP contribution < -0.4 is 15.4 Å². The molecule has 0 spiro atoms. The van der Waals surface area contributed by atoms with E-state index < -0.39 is 11.6 Å². The van der Waals surface area contributed by atoms with Crippen molar-refractivity contribution in [3.63, 3.8) is 0 Å². The van der Waals surface area contributed by atoms with Crippen LogP contribution >= 0.6 is 22.9 Å². The lowest BCUT2D eigenvalue weighted by atomic mass is 10.0. The Labute approximate surface area is 190 Å². The van der Waals surface area contributed by atoms with Crippen LogP contribution in [0.3, 0.4) is 0 Å². The number of benzene rings is 2. The van der Waals surface area contributed by atoms with E-state index in [0.717, 1.165) is 17.8 Å². The molecule has 1 aliphatic rings. The van der Waals surface area contributed by atoms with Crippen LogP contribution in [-0.4, -0.2) is 48.4 Å². The molecule has 7 nitrogen and oxygen atoms in total. The normalized spacial score (nSPS) is 14.8. The Kier molecular flexibility index (Phi) is 5.44. The highest BCUT2D eigenvalue weighted by Gasteiger charge is 2.25. The summed E-state index contributed by atoms with van der Waals surface area (Å²) in [6.07, 6.45) is 0.806. The van der Waals surface area contributed by atoms with E-state index in [2.05, 4.69) is 15.0 Å². The SMILES string of the molecule is COc1nc(N2CCCOCC2)c2cc(Cl)c(-c3ccc(F)c4sc(N)nc34)c(F)c2n1. The smallest absolute Gasteiger partial charge is 0.318 e. The van der Waals surface area contributed by atoms with Crippen LogP contribution in [0.5, 0.6) is 6.01 Å². The fourth-order valence-electron chi connectivity index (χ4n) is 3.89. The number of hydrogen-bond donors (Lipinski definition) is 1. The van der Waals surface area contributed by atoms with Gasteiger partial charge in [0.1, 0.15) is 17.2 Å². The van der Waals surface area contributed by atoms with Crippen molar-refractivity contribution >= 4 is 55.0 Å². The number of nitrogen functional groups attached to an aromatic ring is 1. The third kappa shape index (κ3) is 3.48. The third-order valence-corrected chi connectivity index (χ3v) is 6.52. The Bertz CT molecular complexity index is 1340. The second kappa shape index (κ2) is 8.27. The van der Waals surface area contributed by atoms with Gasteiger partial charge in [-0.3, -0.25) is 0 Å². The number of aromatic nitrogens is 3. The van der Waals surface area contributed by atoms with E-state index in [1.165, 1.54) is 19.2 Å². The number of hydrogen-bond acceptors (Lipinski definition) is 8. The molecular weight excluding hydrogens is 460 g/mol. The molecule has 11 heteroatoms. The number of anilines is 2. The minimum Gasteiger partial charge on any atom is -0.467 e. The average Bonchev–Trinajstić information content (AvgIpc) is 2.99. The van der Waals surface area contributed by atoms with Gasteiger partial charge >= 0.3 is 6.01 Å². The summed E-state index contributed by atoms with van der Waals surface area (Å²) >= 11 is 7.58. The number of nitrogens with two attached hydrogens (primary N) is 1. The number of rotatable bonds is 3. The zero-order valence-corrected chi connectivity index (χ0v) is 18.6. The molecule has 0 radical (unpaired) electrons. The summed E-state index contributed by atoms with van der Waals surface area (Å²) in [7, 11) is 1.42. The minimum atomic E-state index is -0.667. The number of halogens is 3. The Morgan fingerprint density at radius 2 is 2.00 bits per heavy atom. The highest BCUT2D eigenvalue weighted by atomic mass is 35.5. The van der Waals surface area contributed by atoms with E-state index in [9.17, 15) is 4.39 Å². The first-order valence-corrected chi connectivity index (χ1v) is 11.1. The first-order valence-electron chi connectivity index (χ1n) is 9.89. The molecule has 4 aromatic rings. The fourth-order valence-corrected chi connectivity index (χ4v) is 4.95. The van der Waals surface area contributed by atoms with Crippen LogP contribution in [0.1, 0.15) is 6.42 Å². The summed E-state index contributed by atoms with van der Waals surface area (Å²) < 4.78 is 41.3. The summed E-state index contributed by atoms with van der Waals surface area (Å²) in [5.74, 6) is -0.628. The Balaban J connectivity index is 1.78. The van der Waals surface area contributed by atoms with Crippen molar-refractivity contribution in [2.45, 2.75) is 6.42 Å².